The summed E-state index contributed by atoms with van der Waals surface area (Å²) in [6.07, 6.45) is 3.42. The molecule has 0 unspecified atom stereocenters. The molecule has 0 bridgehead atoms. The minimum atomic E-state index is 0.144. The fraction of sp³-hybridized carbons (Fsp3) is 0.0588. The summed E-state index contributed by atoms with van der Waals surface area (Å²) < 4.78 is 5.40. The van der Waals surface area contributed by atoms with Gasteiger partial charge in [0.1, 0.15) is 30.1 Å². The molecule has 3 rings (SSSR count). The number of benzene rings is 2. The molecule has 1 aliphatic rings. The number of hydrogen-bond acceptors (Lipinski definition) is 5. The molecule has 1 aliphatic heterocycles. The van der Waals surface area contributed by atoms with Crippen LogP contribution in [0.4, 0.5) is 5.69 Å². The smallest absolute Gasteiger partial charge is 0.121 e. The van der Waals surface area contributed by atoms with E-state index in [2.05, 4.69) is 10.2 Å². The zero-order valence-electron chi connectivity index (χ0n) is 11.7. The van der Waals surface area contributed by atoms with Crippen LogP contribution >= 0.6 is 0 Å². The lowest BCUT2D eigenvalue weighted by Crippen LogP contribution is -1.99. The van der Waals surface area contributed by atoms with Gasteiger partial charge in [-0.3, -0.25) is 0 Å². The first-order valence-corrected chi connectivity index (χ1v) is 6.73. The van der Waals surface area contributed by atoms with E-state index in [-0.39, 0.29) is 11.5 Å². The fourth-order valence-corrected chi connectivity index (χ4v) is 2.04. The third-order valence-electron chi connectivity index (χ3n) is 3.11. The van der Waals surface area contributed by atoms with E-state index in [9.17, 15) is 10.2 Å². The number of hydrogen-bond donors (Lipinski definition) is 2. The number of phenolic OH excluding ortho intramolecular Hbond substituents is 2. The van der Waals surface area contributed by atoms with Gasteiger partial charge in [-0.15, -0.1) is 5.11 Å². The second kappa shape index (κ2) is 6.13. The number of rotatable bonds is 3. The molecule has 0 saturated heterocycles. The maximum Gasteiger partial charge on any atom is 0.121 e. The van der Waals surface area contributed by atoms with Gasteiger partial charge in [-0.2, -0.15) is 5.11 Å². The van der Waals surface area contributed by atoms with E-state index in [1.165, 1.54) is 12.3 Å². The molecule has 0 amide bonds. The van der Waals surface area contributed by atoms with Gasteiger partial charge in [0.25, 0.3) is 0 Å². The first-order valence-electron chi connectivity index (χ1n) is 6.73. The van der Waals surface area contributed by atoms with Crippen molar-refractivity contribution >= 4 is 11.3 Å². The Bertz CT molecular complexity index is 762. The van der Waals surface area contributed by atoms with Crippen molar-refractivity contribution in [3.8, 4) is 11.5 Å². The molecule has 1 heterocycles. The molecule has 5 nitrogen and oxygen atoms in total. The topological polar surface area (TPSA) is 74.4 Å². The number of azo groups is 1. The molecule has 0 atom stereocenters. The fourth-order valence-electron chi connectivity index (χ4n) is 2.04. The lowest BCUT2D eigenvalue weighted by Gasteiger charge is -2.12. The summed E-state index contributed by atoms with van der Waals surface area (Å²) in [7, 11) is 0. The van der Waals surface area contributed by atoms with Crippen molar-refractivity contribution in [1.29, 1.82) is 0 Å². The summed E-state index contributed by atoms with van der Waals surface area (Å²) in [4.78, 5) is 0. The predicted octanol–water partition coefficient (Wildman–Crippen LogP) is 4.14. The van der Waals surface area contributed by atoms with E-state index in [1.54, 1.807) is 30.3 Å². The number of nitrogens with zero attached hydrogens (tertiary/aromatic N) is 2. The number of ether oxygens (including phenoxy) is 1. The van der Waals surface area contributed by atoms with E-state index >= 15 is 0 Å². The third-order valence-corrected chi connectivity index (χ3v) is 3.11. The van der Waals surface area contributed by atoms with Gasteiger partial charge in [0, 0.05) is 6.07 Å². The molecule has 0 fully saturated rings. The van der Waals surface area contributed by atoms with Gasteiger partial charge in [-0.25, -0.2) is 0 Å². The maximum absolute atomic E-state index is 9.39. The van der Waals surface area contributed by atoms with Gasteiger partial charge in [-0.1, -0.05) is 18.2 Å². The van der Waals surface area contributed by atoms with Gasteiger partial charge < -0.3 is 14.9 Å². The molecule has 2 aromatic rings. The van der Waals surface area contributed by atoms with Crippen LogP contribution in [0, 0.1) is 0 Å². The van der Waals surface area contributed by atoms with Gasteiger partial charge in [0.15, 0.2) is 0 Å². The molecular weight excluding hydrogens is 280 g/mol. The summed E-state index contributed by atoms with van der Waals surface area (Å²) in [5.74, 6) is 0.367. The minimum Gasteiger partial charge on any atom is -0.508 e. The van der Waals surface area contributed by atoms with Crippen LogP contribution in [0.15, 0.2) is 76.8 Å². The predicted molar refractivity (Wildman–Crippen MR) is 82.7 cm³/mol. The molecule has 0 radical (unpaired) electrons. The third kappa shape index (κ3) is 3.32. The van der Waals surface area contributed by atoms with Crippen LogP contribution in [0.3, 0.4) is 0 Å². The van der Waals surface area contributed by atoms with Crippen molar-refractivity contribution in [2.75, 3.05) is 6.61 Å². The highest BCUT2D eigenvalue weighted by molar-refractivity contribution is 5.70. The first kappa shape index (κ1) is 13.9. The van der Waals surface area contributed by atoms with Crippen LogP contribution in [0.25, 0.3) is 5.57 Å². The highest BCUT2D eigenvalue weighted by Crippen LogP contribution is 2.25. The lowest BCUT2D eigenvalue weighted by molar-refractivity contribution is 0.289. The molecule has 0 saturated carbocycles. The van der Waals surface area contributed by atoms with Crippen molar-refractivity contribution in [3.05, 3.63) is 72.1 Å². The Balaban J connectivity index is 1.80. The molecule has 5 heteroatoms. The largest absolute Gasteiger partial charge is 0.508 e. The van der Waals surface area contributed by atoms with Crippen LogP contribution in [0.1, 0.15) is 5.56 Å². The molecule has 2 N–H and O–H groups in total. The number of aromatic hydroxyl groups is 2. The Labute approximate surface area is 127 Å². The van der Waals surface area contributed by atoms with Crippen molar-refractivity contribution in [1.82, 2.24) is 0 Å². The molecule has 2 aromatic carbocycles. The zero-order valence-corrected chi connectivity index (χ0v) is 11.7. The summed E-state index contributed by atoms with van der Waals surface area (Å²) in [6, 6.07) is 13.4. The number of phenols is 2. The normalized spacial score (nSPS) is 14.4. The van der Waals surface area contributed by atoms with Gasteiger partial charge in [-0.05, 0) is 41.5 Å². The Hall–Kier alpha value is -3.08. The molecular formula is C17H14N2O3. The molecule has 110 valence electrons. The quantitative estimate of drug-likeness (QED) is 0.835. The summed E-state index contributed by atoms with van der Waals surface area (Å²) in [5, 5.41) is 26.9. The van der Waals surface area contributed by atoms with Gasteiger partial charge >= 0.3 is 0 Å². The van der Waals surface area contributed by atoms with Gasteiger partial charge in [0.05, 0.1) is 5.69 Å². The summed E-state index contributed by atoms with van der Waals surface area (Å²) in [5.41, 5.74) is 3.05. The Morgan fingerprint density at radius 1 is 0.909 bits per heavy atom. The molecule has 22 heavy (non-hydrogen) atoms. The molecule has 0 aliphatic carbocycles. The summed E-state index contributed by atoms with van der Waals surface area (Å²) >= 11 is 0. The van der Waals surface area contributed by atoms with E-state index in [0.29, 0.717) is 18.0 Å². The number of allylic oxidation sites excluding steroid dienone is 1. The van der Waals surface area contributed by atoms with Crippen molar-refractivity contribution in [3.63, 3.8) is 0 Å². The average molecular weight is 294 g/mol. The molecule has 0 spiro atoms. The van der Waals surface area contributed by atoms with E-state index in [4.69, 9.17) is 4.74 Å². The highest BCUT2D eigenvalue weighted by atomic mass is 16.5. The first-order chi connectivity index (χ1) is 10.7. The lowest BCUT2D eigenvalue weighted by atomic mass is 10.0. The maximum atomic E-state index is 9.39. The van der Waals surface area contributed by atoms with Gasteiger partial charge in [0.2, 0.25) is 0 Å². The SMILES string of the molecule is Oc1ccc(C2=CC(N=Nc3cccc(O)c3)=COC2)cc1. The van der Waals surface area contributed by atoms with Crippen LogP contribution < -0.4 is 0 Å². The molecule has 0 aromatic heterocycles. The standard InChI is InChI=1S/C17H14N2O3/c20-16-6-4-12(5-7-16)13-8-15(11-22-10-13)19-18-14-2-1-3-17(21)9-14/h1-9,11,20-21H,10H2. The Morgan fingerprint density at radius 2 is 1.73 bits per heavy atom. The monoisotopic (exact) mass is 294 g/mol. The Morgan fingerprint density at radius 3 is 2.50 bits per heavy atom. The van der Waals surface area contributed by atoms with E-state index in [1.807, 2.05) is 18.2 Å². The van der Waals surface area contributed by atoms with Crippen LogP contribution in [0.2, 0.25) is 0 Å². The van der Waals surface area contributed by atoms with Crippen molar-refractivity contribution < 1.29 is 14.9 Å². The second-order valence-corrected chi connectivity index (χ2v) is 4.79. The van der Waals surface area contributed by atoms with Crippen LogP contribution in [-0.4, -0.2) is 16.8 Å². The van der Waals surface area contributed by atoms with E-state index < -0.39 is 0 Å². The van der Waals surface area contributed by atoms with Crippen LogP contribution in [-0.2, 0) is 4.74 Å². The van der Waals surface area contributed by atoms with Crippen LogP contribution in [0.5, 0.6) is 11.5 Å². The second-order valence-electron chi connectivity index (χ2n) is 4.79. The Kier molecular flexibility index (Phi) is 3.87. The minimum absolute atomic E-state index is 0.144. The van der Waals surface area contributed by atoms with Crippen molar-refractivity contribution in [2.45, 2.75) is 0 Å². The zero-order chi connectivity index (χ0) is 15.4. The average Bonchev–Trinajstić information content (AvgIpc) is 2.54. The van der Waals surface area contributed by atoms with Crippen molar-refractivity contribution in [2.24, 2.45) is 10.2 Å². The highest BCUT2D eigenvalue weighted by Gasteiger charge is 2.08. The summed E-state index contributed by atoms with van der Waals surface area (Å²) in [6.45, 7) is 0.440. The van der Waals surface area contributed by atoms with E-state index in [0.717, 1.165) is 11.1 Å².